The fourth-order valence-electron chi connectivity index (χ4n) is 2.66. The molecule has 4 rings (SSSR count). The largest absolute Gasteiger partial charge is 0.486 e. The van der Waals surface area contributed by atoms with Gasteiger partial charge in [-0.1, -0.05) is 0 Å². The van der Waals surface area contributed by atoms with Crippen LogP contribution in [0, 0.1) is 0 Å². The van der Waals surface area contributed by atoms with Crippen molar-refractivity contribution in [1.29, 1.82) is 0 Å². The van der Waals surface area contributed by atoms with Gasteiger partial charge in [0, 0.05) is 10.9 Å². The van der Waals surface area contributed by atoms with E-state index in [0.717, 1.165) is 15.7 Å². The molecule has 10 heteroatoms. The van der Waals surface area contributed by atoms with Gasteiger partial charge in [0.05, 0.1) is 5.69 Å². The standard InChI is InChI=1S/C15H9F3N2O4S/c16-15(17,18)12-11(13(21)22)20-8(6-25-14(20)19-12)7-1-2-9-10(5-7)24-4-3-23-9/h1-2,5-6H,3-4H2,(H,21,22). The molecule has 130 valence electrons. The Kier molecular flexibility index (Phi) is 3.39. The monoisotopic (exact) mass is 370 g/mol. The first-order chi connectivity index (χ1) is 11.9. The number of hydrogen-bond acceptors (Lipinski definition) is 5. The number of imidazole rings is 1. The maximum absolute atomic E-state index is 13.1. The average Bonchev–Trinajstić information content (AvgIpc) is 3.12. The number of benzene rings is 1. The SMILES string of the molecule is O=C(O)c1c(C(F)(F)F)nc2scc(-c3ccc4c(c3)OCCO4)n12. The summed E-state index contributed by atoms with van der Waals surface area (Å²) >= 11 is 0.931. The van der Waals surface area contributed by atoms with Gasteiger partial charge in [-0.25, -0.2) is 9.78 Å². The molecular formula is C15H9F3N2O4S. The molecule has 3 aromatic rings. The van der Waals surface area contributed by atoms with Crippen molar-refractivity contribution < 1.29 is 32.5 Å². The van der Waals surface area contributed by atoms with E-state index >= 15 is 0 Å². The number of nitrogens with zero attached hydrogens (tertiary/aromatic N) is 2. The number of ether oxygens (including phenoxy) is 2. The minimum atomic E-state index is -4.86. The summed E-state index contributed by atoms with van der Waals surface area (Å²) in [6.07, 6.45) is -4.86. The summed E-state index contributed by atoms with van der Waals surface area (Å²) in [4.78, 5) is 14.9. The molecule has 1 aliphatic heterocycles. The third-order valence-corrected chi connectivity index (χ3v) is 4.50. The zero-order valence-electron chi connectivity index (χ0n) is 12.3. The van der Waals surface area contributed by atoms with Crippen LogP contribution in [0.2, 0.25) is 0 Å². The van der Waals surface area contributed by atoms with E-state index in [0.29, 0.717) is 30.3 Å². The molecule has 0 radical (unpaired) electrons. The zero-order valence-corrected chi connectivity index (χ0v) is 13.1. The minimum absolute atomic E-state index is 0.0467. The van der Waals surface area contributed by atoms with Crippen LogP contribution in [0.4, 0.5) is 13.2 Å². The fourth-order valence-corrected chi connectivity index (χ4v) is 3.56. The number of carboxylic acids is 1. The average molecular weight is 370 g/mol. The summed E-state index contributed by atoms with van der Waals surface area (Å²) < 4.78 is 51.2. The van der Waals surface area contributed by atoms with Gasteiger partial charge in [0.15, 0.2) is 27.8 Å². The first kappa shape index (κ1) is 15.8. The summed E-state index contributed by atoms with van der Waals surface area (Å²) in [5.41, 5.74) is -1.53. The van der Waals surface area contributed by atoms with E-state index in [1.165, 1.54) is 0 Å². The molecule has 0 unspecified atom stereocenters. The molecule has 6 nitrogen and oxygen atoms in total. The van der Waals surface area contributed by atoms with Crippen molar-refractivity contribution in [3.63, 3.8) is 0 Å². The second-order valence-electron chi connectivity index (χ2n) is 5.21. The Morgan fingerprint density at radius 1 is 1.24 bits per heavy atom. The first-order valence-corrected chi connectivity index (χ1v) is 7.94. The highest BCUT2D eigenvalue weighted by molar-refractivity contribution is 7.15. The highest BCUT2D eigenvalue weighted by atomic mass is 32.1. The van der Waals surface area contributed by atoms with Gasteiger partial charge >= 0.3 is 12.1 Å². The van der Waals surface area contributed by atoms with Crippen molar-refractivity contribution >= 4 is 22.3 Å². The van der Waals surface area contributed by atoms with Crippen molar-refractivity contribution in [1.82, 2.24) is 9.38 Å². The predicted molar refractivity (Wildman–Crippen MR) is 81.5 cm³/mol. The molecule has 0 saturated carbocycles. The molecule has 0 atom stereocenters. The summed E-state index contributed by atoms with van der Waals surface area (Å²) in [5, 5.41) is 10.9. The Morgan fingerprint density at radius 3 is 2.64 bits per heavy atom. The van der Waals surface area contributed by atoms with Crippen LogP contribution in [-0.4, -0.2) is 33.7 Å². The number of carboxylic acid groups (broad SMARTS) is 1. The summed E-state index contributed by atoms with van der Waals surface area (Å²) in [7, 11) is 0. The summed E-state index contributed by atoms with van der Waals surface area (Å²) in [5.74, 6) is -0.713. The second kappa shape index (κ2) is 5.38. The molecule has 0 spiro atoms. The smallest absolute Gasteiger partial charge is 0.435 e. The van der Waals surface area contributed by atoms with Crippen LogP contribution in [0.15, 0.2) is 23.6 Å². The molecule has 0 fully saturated rings. The molecule has 2 aromatic heterocycles. The number of halogens is 3. The fraction of sp³-hybridized carbons (Fsp3) is 0.200. The number of thiazole rings is 1. The van der Waals surface area contributed by atoms with Crippen LogP contribution in [0.3, 0.4) is 0 Å². The van der Waals surface area contributed by atoms with Gasteiger partial charge in [-0.15, -0.1) is 11.3 Å². The quantitative estimate of drug-likeness (QED) is 0.747. The Morgan fingerprint density at radius 2 is 1.96 bits per heavy atom. The van der Waals surface area contributed by atoms with Crippen LogP contribution in [0.1, 0.15) is 16.2 Å². The van der Waals surface area contributed by atoms with Gasteiger partial charge in [0.1, 0.15) is 13.2 Å². The normalized spacial score (nSPS) is 14.0. The molecule has 1 aliphatic rings. The van der Waals surface area contributed by atoms with Crippen molar-refractivity contribution in [3.8, 4) is 22.8 Å². The Labute approximate surface area is 142 Å². The number of carbonyl (C=O) groups is 1. The van der Waals surface area contributed by atoms with Crippen molar-refractivity contribution in [2.24, 2.45) is 0 Å². The zero-order chi connectivity index (χ0) is 17.8. The lowest BCUT2D eigenvalue weighted by Gasteiger charge is -2.18. The second-order valence-corrected chi connectivity index (χ2v) is 6.05. The lowest BCUT2D eigenvalue weighted by atomic mass is 10.1. The third-order valence-electron chi connectivity index (χ3n) is 3.67. The molecule has 0 aliphatic carbocycles. The molecule has 0 amide bonds. The van der Waals surface area contributed by atoms with Gasteiger partial charge in [-0.3, -0.25) is 4.40 Å². The number of alkyl halides is 3. The third kappa shape index (κ3) is 2.49. The van der Waals surface area contributed by atoms with Gasteiger partial charge in [-0.2, -0.15) is 13.2 Å². The van der Waals surface area contributed by atoms with E-state index < -0.39 is 23.5 Å². The lowest BCUT2D eigenvalue weighted by molar-refractivity contribution is -0.141. The molecule has 0 bridgehead atoms. The predicted octanol–water partition coefficient (Wildman–Crippen LogP) is 3.55. The van der Waals surface area contributed by atoms with Gasteiger partial charge in [0.25, 0.3) is 0 Å². The molecular weight excluding hydrogens is 361 g/mol. The van der Waals surface area contributed by atoms with E-state index in [-0.39, 0.29) is 10.7 Å². The Hall–Kier alpha value is -2.75. The van der Waals surface area contributed by atoms with Crippen LogP contribution in [-0.2, 0) is 6.18 Å². The molecule has 1 N–H and O–H groups in total. The molecule has 3 heterocycles. The number of fused-ring (bicyclic) bond motifs is 2. The maximum Gasteiger partial charge on any atom is 0.435 e. The molecule has 0 saturated heterocycles. The summed E-state index contributed by atoms with van der Waals surface area (Å²) in [6.45, 7) is 0.772. The summed E-state index contributed by atoms with van der Waals surface area (Å²) in [6, 6.07) is 4.87. The van der Waals surface area contributed by atoms with E-state index in [4.69, 9.17) is 9.47 Å². The lowest BCUT2D eigenvalue weighted by Crippen LogP contribution is -2.15. The minimum Gasteiger partial charge on any atom is -0.486 e. The number of aromatic carboxylic acids is 1. The van der Waals surface area contributed by atoms with Crippen molar-refractivity contribution in [2.75, 3.05) is 13.2 Å². The number of aromatic nitrogens is 2. The topological polar surface area (TPSA) is 73.1 Å². The highest BCUT2D eigenvalue weighted by Crippen LogP contribution is 2.39. The van der Waals surface area contributed by atoms with Crippen LogP contribution in [0.25, 0.3) is 16.2 Å². The van der Waals surface area contributed by atoms with Crippen LogP contribution >= 0.6 is 11.3 Å². The van der Waals surface area contributed by atoms with Crippen LogP contribution in [0.5, 0.6) is 11.5 Å². The van der Waals surface area contributed by atoms with E-state index in [1.54, 1.807) is 23.6 Å². The van der Waals surface area contributed by atoms with Crippen LogP contribution < -0.4 is 9.47 Å². The van der Waals surface area contributed by atoms with E-state index in [2.05, 4.69) is 4.98 Å². The Bertz CT molecular complexity index is 993. The van der Waals surface area contributed by atoms with Gasteiger partial charge in [-0.05, 0) is 18.2 Å². The highest BCUT2D eigenvalue weighted by Gasteiger charge is 2.41. The van der Waals surface area contributed by atoms with Gasteiger partial charge < -0.3 is 14.6 Å². The number of hydrogen-bond donors (Lipinski definition) is 1. The van der Waals surface area contributed by atoms with Gasteiger partial charge in [0.2, 0.25) is 0 Å². The first-order valence-electron chi connectivity index (χ1n) is 7.06. The maximum atomic E-state index is 13.1. The van der Waals surface area contributed by atoms with Crippen molar-refractivity contribution in [3.05, 3.63) is 35.0 Å². The van der Waals surface area contributed by atoms with E-state index in [1.807, 2.05) is 0 Å². The number of rotatable bonds is 2. The van der Waals surface area contributed by atoms with E-state index in [9.17, 15) is 23.1 Å². The molecule has 1 aromatic carbocycles. The van der Waals surface area contributed by atoms with Crippen molar-refractivity contribution in [2.45, 2.75) is 6.18 Å². The molecule has 25 heavy (non-hydrogen) atoms. The Balaban J connectivity index is 1.94.